The number of carbonyl (C=O) groups is 2. The van der Waals surface area contributed by atoms with Gasteiger partial charge in [0.15, 0.2) is 0 Å². The van der Waals surface area contributed by atoms with Gasteiger partial charge in [-0.1, -0.05) is 66.2 Å². The van der Waals surface area contributed by atoms with E-state index in [1.807, 2.05) is 30.3 Å². The molecule has 1 N–H and O–H groups in total. The molecule has 0 aliphatic heterocycles. The molecule has 0 spiro atoms. The Balaban J connectivity index is 1.64. The summed E-state index contributed by atoms with van der Waals surface area (Å²) in [6, 6.07) is 25.2. The summed E-state index contributed by atoms with van der Waals surface area (Å²) in [6.45, 7) is 0.352. The zero-order chi connectivity index (χ0) is 25.3. The van der Waals surface area contributed by atoms with Crippen molar-refractivity contribution >= 4 is 23.4 Å². The lowest BCUT2D eigenvalue weighted by molar-refractivity contribution is -0.140. The third-order valence-corrected chi connectivity index (χ3v) is 6.07. The number of carbonyl (C=O) groups excluding carboxylic acids is 2. The van der Waals surface area contributed by atoms with Gasteiger partial charge in [0.05, 0.1) is 19.2 Å². The first-order valence-corrected chi connectivity index (χ1v) is 12.0. The van der Waals surface area contributed by atoms with Crippen LogP contribution in [0.3, 0.4) is 0 Å². The van der Waals surface area contributed by atoms with E-state index in [0.717, 1.165) is 16.7 Å². The summed E-state index contributed by atoms with van der Waals surface area (Å²) in [4.78, 5) is 28.7. The van der Waals surface area contributed by atoms with Gasteiger partial charge in [-0.15, -0.1) is 0 Å². The third-order valence-electron chi connectivity index (χ3n) is 5.82. The summed E-state index contributed by atoms with van der Waals surface area (Å²) >= 11 is 6.00. The Morgan fingerprint density at radius 3 is 2.22 bits per heavy atom. The van der Waals surface area contributed by atoms with Crippen molar-refractivity contribution in [3.8, 4) is 0 Å². The first kappa shape index (κ1) is 25.2. The quantitative estimate of drug-likeness (QED) is 0.307. The number of halogens is 2. The number of furan rings is 1. The van der Waals surface area contributed by atoms with Crippen molar-refractivity contribution in [2.75, 3.05) is 0 Å². The molecule has 4 rings (SSSR count). The maximum absolute atomic E-state index is 13.7. The summed E-state index contributed by atoms with van der Waals surface area (Å²) < 4.78 is 18.9. The number of rotatable bonds is 10. The van der Waals surface area contributed by atoms with Crippen LogP contribution in [0.4, 0.5) is 4.39 Å². The molecule has 0 saturated heterocycles. The number of benzene rings is 3. The zero-order valence-corrected chi connectivity index (χ0v) is 20.3. The lowest BCUT2D eigenvalue weighted by atomic mass is 10.0. The van der Waals surface area contributed by atoms with E-state index in [1.54, 1.807) is 59.7 Å². The van der Waals surface area contributed by atoms with Gasteiger partial charge in [-0.25, -0.2) is 4.39 Å². The van der Waals surface area contributed by atoms with Crippen molar-refractivity contribution in [1.29, 1.82) is 0 Å². The van der Waals surface area contributed by atoms with Gasteiger partial charge >= 0.3 is 0 Å². The first-order chi connectivity index (χ1) is 17.5. The standard InChI is InChI=1S/C29H26ClFN2O3/c30-24-12-8-22(9-13-24)18-28(34)33(20-23-10-14-25(31)15-11-23)27(17-21-5-2-1-3-6-21)29(35)32-19-26-7-4-16-36-26/h1-16,27H,17-20H2,(H,32,35)/t27-/m1/s1. The summed E-state index contributed by atoms with van der Waals surface area (Å²) in [6.07, 6.45) is 1.95. The largest absolute Gasteiger partial charge is 0.467 e. The molecule has 0 saturated carbocycles. The van der Waals surface area contributed by atoms with E-state index < -0.39 is 6.04 Å². The van der Waals surface area contributed by atoms with Crippen molar-refractivity contribution in [2.45, 2.75) is 32.0 Å². The molecule has 1 atom stereocenters. The molecular weight excluding hydrogens is 479 g/mol. The lowest BCUT2D eigenvalue weighted by Gasteiger charge is -2.31. The predicted octanol–water partition coefficient (Wildman–Crippen LogP) is 5.57. The smallest absolute Gasteiger partial charge is 0.243 e. The van der Waals surface area contributed by atoms with E-state index in [1.165, 1.54) is 12.1 Å². The van der Waals surface area contributed by atoms with Crippen LogP contribution in [-0.2, 0) is 35.5 Å². The van der Waals surface area contributed by atoms with Gasteiger partial charge in [0, 0.05) is 18.0 Å². The van der Waals surface area contributed by atoms with Crippen molar-refractivity contribution in [1.82, 2.24) is 10.2 Å². The van der Waals surface area contributed by atoms with Crippen LogP contribution in [0, 0.1) is 5.82 Å². The highest BCUT2D eigenvalue weighted by atomic mass is 35.5. The molecule has 5 nitrogen and oxygen atoms in total. The van der Waals surface area contributed by atoms with Crippen LogP contribution in [0.1, 0.15) is 22.5 Å². The van der Waals surface area contributed by atoms with Crippen LogP contribution in [0.2, 0.25) is 5.02 Å². The highest BCUT2D eigenvalue weighted by Gasteiger charge is 2.30. The molecule has 2 amide bonds. The van der Waals surface area contributed by atoms with E-state index in [0.29, 0.717) is 17.2 Å². The highest BCUT2D eigenvalue weighted by Crippen LogP contribution is 2.18. The predicted molar refractivity (Wildman–Crippen MR) is 137 cm³/mol. The molecule has 0 bridgehead atoms. The normalized spacial score (nSPS) is 11.6. The van der Waals surface area contributed by atoms with Gasteiger partial charge < -0.3 is 14.6 Å². The van der Waals surface area contributed by atoms with Crippen LogP contribution in [0.25, 0.3) is 0 Å². The number of hydrogen-bond acceptors (Lipinski definition) is 3. The van der Waals surface area contributed by atoms with Crippen LogP contribution >= 0.6 is 11.6 Å². The van der Waals surface area contributed by atoms with Gasteiger partial charge in [0.2, 0.25) is 11.8 Å². The Hall–Kier alpha value is -3.90. The summed E-state index contributed by atoms with van der Waals surface area (Å²) in [5.41, 5.74) is 2.42. The number of nitrogens with one attached hydrogen (secondary N) is 1. The molecule has 184 valence electrons. The minimum Gasteiger partial charge on any atom is -0.467 e. The fourth-order valence-electron chi connectivity index (χ4n) is 3.92. The van der Waals surface area contributed by atoms with Crippen LogP contribution in [0.5, 0.6) is 0 Å². The Morgan fingerprint density at radius 2 is 1.56 bits per heavy atom. The van der Waals surface area contributed by atoms with E-state index in [4.69, 9.17) is 16.0 Å². The second-order valence-electron chi connectivity index (χ2n) is 8.45. The maximum atomic E-state index is 13.7. The molecule has 7 heteroatoms. The highest BCUT2D eigenvalue weighted by molar-refractivity contribution is 6.30. The fraction of sp³-hybridized carbons (Fsp3) is 0.172. The topological polar surface area (TPSA) is 62.6 Å². The van der Waals surface area contributed by atoms with Gasteiger partial charge in [-0.3, -0.25) is 9.59 Å². The average Bonchev–Trinajstić information content (AvgIpc) is 3.41. The van der Waals surface area contributed by atoms with Crippen LogP contribution in [0.15, 0.2) is 102 Å². The van der Waals surface area contributed by atoms with E-state index in [9.17, 15) is 14.0 Å². The van der Waals surface area contributed by atoms with Crippen LogP contribution < -0.4 is 5.32 Å². The lowest BCUT2D eigenvalue weighted by Crippen LogP contribution is -2.50. The molecule has 1 heterocycles. The SMILES string of the molecule is O=C(NCc1ccco1)[C@@H](Cc1ccccc1)N(Cc1ccc(F)cc1)C(=O)Cc1ccc(Cl)cc1. The Labute approximate surface area is 214 Å². The molecule has 4 aromatic rings. The van der Waals surface area contributed by atoms with Gasteiger partial charge in [0.1, 0.15) is 17.6 Å². The van der Waals surface area contributed by atoms with Gasteiger partial charge in [0.25, 0.3) is 0 Å². The molecule has 0 fully saturated rings. The minimum atomic E-state index is -0.799. The second-order valence-corrected chi connectivity index (χ2v) is 8.89. The molecule has 1 aromatic heterocycles. The van der Waals surface area contributed by atoms with Crippen molar-refractivity contribution in [3.63, 3.8) is 0 Å². The molecule has 36 heavy (non-hydrogen) atoms. The Bertz CT molecular complexity index is 1260. The number of nitrogens with zero attached hydrogens (tertiary/aromatic N) is 1. The van der Waals surface area contributed by atoms with Crippen molar-refractivity contribution in [2.24, 2.45) is 0 Å². The van der Waals surface area contributed by atoms with Gasteiger partial charge in [-0.2, -0.15) is 0 Å². The molecule has 0 radical (unpaired) electrons. The number of amides is 2. The van der Waals surface area contributed by atoms with Crippen molar-refractivity contribution < 1.29 is 18.4 Å². The Kier molecular flexibility index (Phi) is 8.53. The first-order valence-electron chi connectivity index (χ1n) is 11.6. The summed E-state index contributed by atoms with van der Waals surface area (Å²) in [5.74, 6) is -0.285. The van der Waals surface area contributed by atoms with Crippen LogP contribution in [-0.4, -0.2) is 22.8 Å². The third kappa shape index (κ3) is 7.06. The van der Waals surface area contributed by atoms with Crippen molar-refractivity contribution in [3.05, 3.63) is 131 Å². The Morgan fingerprint density at radius 1 is 0.861 bits per heavy atom. The van der Waals surface area contributed by atoms with Gasteiger partial charge in [-0.05, 0) is 53.1 Å². The van der Waals surface area contributed by atoms with E-state index >= 15 is 0 Å². The van der Waals surface area contributed by atoms with E-state index in [2.05, 4.69) is 5.32 Å². The second kappa shape index (κ2) is 12.2. The number of hydrogen-bond donors (Lipinski definition) is 1. The fourth-order valence-corrected chi connectivity index (χ4v) is 4.05. The molecule has 0 unspecified atom stereocenters. The van der Waals surface area contributed by atoms with E-state index in [-0.39, 0.29) is 37.1 Å². The summed E-state index contributed by atoms with van der Waals surface area (Å²) in [7, 11) is 0. The minimum absolute atomic E-state index is 0.0924. The maximum Gasteiger partial charge on any atom is 0.243 e. The molecule has 3 aromatic carbocycles. The average molecular weight is 505 g/mol. The molecule has 0 aliphatic carbocycles. The summed E-state index contributed by atoms with van der Waals surface area (Å²) in [5, 5.41) is 3.48. The molecule has 0 aliphatic rings. The monoisotopic (exact) mass is 504 g/mol. The molecular formula is C29H26ClFN2O3. The zero-order valence-electron chi connectivity index (χ0n) is 19.6.